The molecule has 12 heavy (non-hydrogen) atoms. The van der Waals surface area contributed by atoms with Crippen molar-refractivity contribution in [1.82, 2.24) is 0 Å². The van der Waals surface area contributed by atoms with Crippen LogP contribution in [-0.2, 0) is 6.42 Å². The molecule has 0 fully saturated rings. The van der Waals surface area contributed by atoms with Crippen LogP contribution in [0.15, 0.2) is 12.1 Å². The van der Waals surface area contributed by atoms with E-state index in [0.29, 0.717) is 10.0 Å². The lowest BCUT2D eigenvalue weighted by Gasteiger charge is -2.11. The van der Waals surface area contributed by atoms with Gasteiger partial charge in [-0.15, -0.1) is 0 Å². The van der Waals surface area contributed by atoms with Crippen LogP contribution in [-0.4, -0.2) is 13.6 Å². The second kappa shape index (κ2) is 2.82. The Bertz CT molecular complexity index is 323. The van der Waals surface area contributed by atoms with Gasteiger partial charge in [0.25, 0.3) is 0 Å². The van der Waals surface area contributed by atoms with Crippen LogP contribution in [0.2, 0.25) is 10.0 Å². The molecule has 0 aromatic heterocycles. The summed E-state index contributed by atoms with van der Waals surface area (Å²) in [6.07, 6.45) is 1.07. The third kappa shape index (κ3) is 1.17. The molecule has 1 aliphatic heterocycles. The minimum absolute atomic E-state index is 0.643. The van der Waals surface area contributed by atoms with Crippen LogP contribution in [0.1, 0.15) is 5.56 Å². The third-order valence-corrected chi connectivity index (χ3v) is 2.97. The summed E-state index contributed by atoms with van der Waals surface area (Å²) in [5.41, 5.74) is 2.51. The zero-order valence-corrected chi connectivity index (χ0v) is 8.28. The molecular weight excluding hydrogens is 193 g/mol. The average molecular weight is 202 g/mol. The van der Waals surface area contributed by atoms with Crippen molar-refractivity contribution < 1.29 is 0 Å². The van der Waals surface area contributed by atoms with E-state index in [-0.39, 0.29) is 0 Å². The fraction of sp³-hybridized carbons (Fsp3) is 0.333. The van der Waals surface area contributed by atoms with Crippen LogP contribution in [0.3, 0.4) is 0 Å². The summed E-state index contributed by atoms with van der Waals surface area (Å²) in [6, 6.07) is 3.90. The third-order valence-electron chi connectivity index (χ3n) is 2.25. The van der Waals surface area contributed by atoms with E-state index in [9.17, 15) is 0 Å². The number of nitrogens with zero attached hydrogens (tertiary/aromatic N) is 1. The van der Waals surface area contributed by atoms with Crippen LogP contribution in [0, 0.1) is 0 Å². The maximum atomic E-state index is 5.90. The summed E-state index contributed by atoms with van der Waals surface area (Å²) in [5, 5.41) is 1.30. The Balaban J connectivity index is 2.56. The van der Waals surface area contributed by atoms with Gasteiger partial charge in [-0.05, 0) is 24.1 Å². The predicted octanol–water partition coefficient (Wildman–Crippen LogP) is 2.99. The molecule has 0 bridgehead atoms. The van der Waals surface area contributed by atoms with E-state index in [0.717, 1.165) is 13.0 Å². The summed E-state index contributed by atoms with van der Waals surface area (Å²) in [5.74, 6) is 0. The van der Waals surface area contributed by atoms with Crippen molar-refractivity contribution >= 4 is 28.9 Å². The molecule has 1 aliphatic rings. The highest BCUT2D eigenvalue weighted by Gasteiger charge is 2.16. The number of hydrogen-bond donors (Lipinski definition) is 0. The number of benzene rings is 1. The zero-order valence-electron chi connectivity index (χ0n) is 6.77. The number of anilines is 1. The van der Waals surface area contributed by atoms with Gasteiger partial charge in [0.2, 0.25) is 0 Å². The molecule has 0 aliphatic carbocycles. The molecule has 0 saturated heterocycles. The van der Waals surface area contributed by atoms with Crippen molar-refractivity contribution in [1.29, 1.82) is 0 Å². The van der Waals surface area contributed by atoms with Gasteiger partial charge in [-0.1, -0.05) is 23.2 Å². The van der Waals surface area contributed by atoms with Crippen molar-refractivity contribution in [2.45, 2.75) is 6.42 Å². The Hall–Kier alpha value is -0.400. The number of hydrogen-bond acceptors (Lipinski definition) is 1. The van der Waals surface area contributed by atoms with Crippen LogP contribution in [0.4, 0.5) is 5.69 Å². The molecule has 1 heterocycles. The largest absolute Gasteiger partial charge is 0.374 e. The second-order valence-electron chi connectivity index (χ2n) is 3.07. The average Bonchev–Trinajstić information content (AvgIpc) is 2.35. The lowest BCUT2D eigenvalue weighted by molar-refractivity contribution is 0.956. The lowest BCUT2D eigenvalue weighted by Crippen LogP contribution is -2.12. The topological polar surface area (TPSA) is 3.24 Å². The van der Waals surface area contributed by atoms with E-state index in [4.69, 9.17) is 23.2 Å². The molecular formula is C9H9Cl2N. The summed E-state index contributed by atoms with van der Waals surface area (Å²) >= 11 is 11.8. The van der Waals surface area contributed by atoms with Gasteiger partial charge < -0.3 is 4.90 Å². The van der Waals surface area contributed by atoms with Gasteiger partial charge in [-0.3, -0.25) is 0 Å². The van der Waals surface area contributed by atoms with Gasteiger partial charge in [-0.2, -0.15) is 0 Å². The zero-order chi connectivity index (χ0) is 8.72. The summed E-state index contributed by atoms with van der Waals surface area (Å²) in [4.78, 5) is 2.19. The van der Waals surface area contributed by atoms with Gasteiger partial charge in [0.15, 0.2) is 0 Å². The van der Waals surface area contributed by atoms with Gasteiger partial charge in [0, 0.05) is 19.3 Å². The fourth-order valence-corrected chi connectivity index (χ4v) is 1.89. The molecule has 0 N–H and O–H groups in total. The molecule has 64 valence electrons. The van der Waals surface area contributed by atoms with Gasteiger partial charge in [0.05, 0.1) is 10.0 Å². The first-order valence-electron chi connectivity index (χ1n) is 3.87. The monoisotopic (exact) mass is 201 g/mol. The van der Waals surface area contributed by atoms with Gasteiger partial charge in [0.1, 0.15) is 0 Å². The van der Waals surface area contributed by atoms with Crippen molar-refractivity contribution in [2.75, 3.05) is 18.5 Å². The summed E-state index contributed by atoms with van der Waals surface area (Å²) in [7, 11) is 2.07. The molecule has 1 nitrogen and oxygen atoms in total. The first-order valence-corrected chi connectivity index (χ1v) is 4.63. The number of likely N-dealkylation sites (N-methyl/N-ethyl adjacent to an activating group) is 1. The Morgan fingerprint density at radius 3 is 2.67 bits per heavy atom. The maximum Gasteiger partial charge on any atom is 0.0613 e. The van der Waals surface area contributed by atoms with E-state index in [1.54, 1.807) is 0 Å². The molecule has 1 aromatic rings. The number of fused-ring (bicyclic) bond motifs is 1. The van der Waals surface area contributed by atoms with E-state index in [1.807, 2.05) is 12.1 Å². The van der Waals surface area contributed by atoms with Crippen LogP contribution >= 0.6 is 23.2 Å². The quantitative estimate of drug-likeness (QED) is 0.625. The molecule has 0 atom stereocenters. The second-order valence-corrected chi connectivity index (χ2v) is 3.88. The molecule has 3 heteroatoms. The van der Waals surface area contributed by atoms with E-state index >= 15 is 0 Å². The van der Waals surface area contributed by atoms with Crippen LogP contribution < -0.4 is 4.90 Å². The first-order chi connectivity index (χ1) is 5.68. The minimum atomic E-state index is 0.643. The smallest absolute Gasteiger partial charge is 0.0613 e. The van der Waals surface area contributed by atoms with E-state index in [2.05, 4.69) is 11.9 Å². The Kier molecular flexibility index (Phi) is 1.93. The SMILES string of the molecule is CN1CCc2cc(Cl)c(Cl)cc21. The highest BCUT2D eigenvalue weighted by atomic mass is 35.5. The standard InChI is InChI=1S/C9H9Cl2N/c1-12-3-2-6-4-7(10)8(11)5-9(6)12/h4-5H,2-3H2,1H3. The summed E-state index contributed by atoms with van der Waals surface area (Å²) in [6.45, 7) is 1.06. The van der Waals surface area contributed by atoms with E-state index < -0.39 is 0 Å². The Morgan fingerprint density at radius 1 is 1.25 bits per heavy atom. The molecule has 0 amide bonds. The van der Waals surface area contributed by atoms with Crippen molar-refractivity contribution in [3.8, 4) is 0 Å². The molecule has 0 unspecified atom stereocenters. The van der Waals surface area contributed by atoms with Gasteiger partial charge >= 0.3 is 0 Å². The number of halogens is 2. The molecule has 0 radical (unpaired) electrons. The van der Waals surface area contributed by atoms with Crippen molar-refractivity contribution in [3.05, 3.63) is 27.7 Å². The van der Waals surface area contributed by atoms with E-state index in [1.165, 1.54) is 11.3 Å². The molecule has 0 saturated carbocycles. The molecule has 1 aromatic carbocycles. The first kappa shape index (κ1) is 8.21. The lowest BCUT2D eigenvalue weighted by atomic mass is 10.2. The van der Waals surface area contributed by atoms with Crippen LogP contribution in [0.25, 0.3) is 0 Å². The molecule has 2 rings (SSSR count). The van der Waals surface area contributed by atoms with Crippen molar-refractivity contribution in [2.24, 2.45) is 0 Å². The normalized spacial score (nSPS) is 15.1. The fourth-order valence-electron chi connectivity index (χ4n) is 1.54. The highest BCUT2D eigenvalue weighted by Crippen LogP contribution is 2.34. The van der Waals surface area contributed by atoms with Crippen LogP contribution in [0.5, 0.6) is 0 Å². The predicted molar refractivity (Wildman–Crippen MR) is 53.4 cm³/mol. The maximum absolute atomic E-state index is 5.90. The van der Waals surface area contributed by atoms with Crippen molar-refractivity contribution in [3.63, 3.8) is 0 Å². The summed E-state index contributed by atoms with van der Waals surface area (Å²) < 4.78 is 0. The Labute approximate surface area is 81.9 Å². The minimum Gasteiger partial charge on any atom is -0.374 e. The van der Waals surface area contributed by atoms with Gasteiger partial charge in [-0.25, -0.2) is 0 Å². The molecule has 0 spiro atoms. The Morgan fingerprint density at radius 2 is 1.92 bits per heavy atom. The number of rotatable bonds is 0. The highest BCUT2D eigenvalue weighted by molar-refractivity contribution is 6.42.